The average molecular weight is 281 g/mol. The number of nitrogens with zero attached hydrogens (tertiary/aromatic N) is 1. The van der Waals surface area contributed by atoms with Crippen LogP contribution in [0.1, 0.15) is 5.56 Å². The molecule has 0 aliphatic carbocycles. The van der Waals surface area contributed by atoms with Crippen LogP contribution in [-0.4, -0.2) is 4.92 Å². The lowest BCUT2D eigenvalue weighted by molar-refractivity contribution is -0.386. The fourth-order valence-electron chi connectivity index (χ4n) is 0.867. The average Bonchev–Trinajstić information content (AvgIpc) is 1.97. The van der Waals surface area contributed by atoms with Crippen LogP contribution in [0.5, 0.6) is 0 Å². The van der Waals surface area contributed by atoms with Crippen molar-refractivity contribution in [2.75, 3.05) is 0 Å². The largest absolute Gasteiger partial charge is 0.288 e. The van der Waals surface area contributed by atoms with Gasteiger partial charge in [-0.15, -0.1) is 0 Å². The van der Waals surface area contributed by atoms with Crippen molar-refractivity contribution < 1.29 is 9.31 Å². The Balaban J connectivity index is 3.43. The summed E-state index contributed by atoms with van der Waals surface area (Å²) in [5.74, 6) is -0.540. The Bertz CT molecular complexity index is 340. The monoisotopic (exact) mass is 281 g/mol. The second-order valence-electron chi connectivity index (χ2n) is 2.26. The van der Waals surface area contributed by atoms with Crippen LogP contribution in [-0.2, 0) is 0 Å². The molecular weight excluding hydrogens is 276 g/mol. The molecule has 0 radical (unpaired) electrons. The quantitative estimate of drug-likeness (QED) is 0.451. The van der Waals surface area contributed by atoms with Gasteiger partial charge in [0.15, 0.2) is 0 Å². The van der Waals surface area contributed by atoms with E-state index in [1.165, 1.54) is 19.1 Å². The van der Waals surface area contributed by atoms with Crippen molar-refractivity contribution in [3.8, 4) is 0 Å². The second-order valence-corrected chi connectivity index (χ2v) is 3.42. The summed E-state index contributed by atoms with van der Waals surface area (Å²) in [5, 5.41) is 10.4. The van der Waals surface area contributed by atoms with Gasteiger partial charge in [-0.3, -0.25) is 10.1 Å². The second kappa shape index (κ2) is 3.34. The zero-order valence-corrected chi connectivity index (χ0v) is 8.33. The molecule has 1 aromatic rings. The van der Waals surface area contributed by atoms with E-state index in [-0.39, 0.29) is 11.3 Å². The van der Waals surface area contributed by atoms with Crippen LogP contribution in [0.3, 0.4) is 0 Å². The van der Waals surface area contributed by atoms with Crippen molar-refractivity contribution in [1.29, 1.82) is 0 Å². The van der Waals surface area contributed by atoms with Gasteiger partial charge < -0.3 is 0 Å². The third kappa shape index (κ3) is 1.55. The summed E-state index contributed by atoms with van der Waals surface area (Å²) in [6, 6.07) is 2.62. The molecule has 0 bridgehead atoms. The maximum Gasteiger partial charge on any atom is 0.288 e. The van der Waals surface area contributed by atoms with E-state index in [0.29, 0.717) is 3.57 Å². The molecule has 0 unspecified atom stereocenters. The van der Waals surface area contributed by atoms with Crippen LogP contribution in [0.2, 0.25) is 0 Å². The maximum absolute atomic E-state index is 12.8. The summed E-state index contributed by atoms with van der Waals surface area (Å²) in [6.45, 7) is 1.40. The minimum Gasteiger partial charge on any atom is -0.258 e. The van der Waals surface area contributed by atoms with E-state index in [1.807, 2.05) is 22.6 Å². The van der Waals surface area contributed by atoms with E-state index in [4.69, 9.17) is 0 Å². The lowest BCUT2D eigenvalue weighted by Crippen LogP contribution is -1.97. The van der Waals surface area contributed by atoms with E-state index in [2.05, 4.69) is 0 Å². The summed E-state index contributed by atoms with van der Waals surface area (Å²) in [7, 11) is 0. The van der Waals surface area contributed by atoms with Crippen LogP contribution in [0.25, 0.3) is 0 Å². The molecule has 0 aliphatic rings. The lowest BCUT2D eigenvalue weighted by atomic mass is 10.2. The normalized spacial score (nSPS) is 9.92. The van der Waals surface area contributed by atoms with Gasteiger partial charge in [-0.25, -0.2) is 4.39 Å². The number of hydrogen-bond acceptors (Lipinski definition) is 2. The van der Waals surface area contributed by atoms with Crippen molar-refractivity contribution in [1.82, 2.24) is 0 Å². The molecule has 0 N–H and O–H groups in total. The molecular formula is C7H5FINO2. The Morgan fingerprint density at radius 3 is 2.58 bits per heavy atom. The molecule has 1 aromatic carbocycles. The van der Waals surface area contributed by atoms with E-state index < -0.39 is 10.7 Å². The molecule has 0 aromatic heterocycles. The first-order chi connectivity index (χ1) is 5.54. The molecule has 0 aliphatic heterocycles. The molecule has 0 spiro atoms. The van der Waals surface area contributed by atoms with Crippen LogP contribution < -0.4 is 0 Å². The summed E-state index contributed by atoms with van der Waals surface area (Å²) < 4.78 is 13.3. The third-order valence-corrected chi connectivity index (χ3v) is 2.37. The van der Waals surface area contributed by atoms with Gasteiger partial charge in [-0.1, -0.05) is 0 Å². The molecule has 0 atom stereocenters. The SMILES string of the molecule is Cc1c(F)ccc(I)c1[N+](=O)[O-]. The van der Waals surface area contributed by atoms with Crippen molar-refractivity contribution in [2.24, 2.45) is 0 Å². The Morgan fingerprint density at radius 2 is 2.17 bits per heavy atom. The fourth-order valence-corrected chi connectivity index (χ4v) is 1.65. The smallest absolute Gasteiger partial charge is 0.258 e. The standard InChI is InChI=1S/C7H5FINO2/c1-4-5(8)2-3-6(9)7(4)10(11)12/h2-3H,1H3. The number of rotatable bonds is 1. The van der Waals surface area contributed by atoms with E-state index >= 15 is 0 Å². The third-order valence-electron chi connectivity index (χ3n) is 1.50. The van der Waals surface area contributed by atoms with Crippen LogP contribution >= 0.6 is 22.6 Å². The Kier molecular flexibility index (Phi) is 2.61. The van der Waals surface area contributed by atoms with E-state index in [1.54, 1.807) is 0 Å². The predicted octanol–water partition coefficient (Wildman–Crippen LogP) is 2.65. The molecule has 12 heavy (non-hydrogen) atoms. The van der Waals surface area contributed by atoms with E-state index in [9.17, 15) is 14.5 Å². The summed E-state index contributed by atoms with van der Waals surface area (Å²) >= 11 is 1.81. The van der Waals surface area contributed by atoms with Gasteiger partial charge in [0.1, 0.15) is 5.82 Å². The highest BCUT2D eigenvalue weighted by molar-refractivity contribution is 14.1. The van der Waals surface area contributed by atoms with E-state index in [0.717, 1.165) is 0 Å². The van der Waals surface area contributed by atoms with Gasteiger partial charge in [-0.05, 0) is 41.6 Å². The van der Waals surface area contributed by atoms with Crippen molar-refractivity contribution >= 4 is 28.3 Å². The molecule has 0 amide bonds. The van der Waals surface area contributed by atoms with Gasteiger partial charge in [0, 0.05) is 0 Å². The zero-order chi connectivity index (χ0) is 9.30. The Hall–Kier alpha value is -0.720. The van der Waals surface area contributed by atoms with Crippen molar-refractivity contribution in [2.45, 2.75) is 6.92 Å². The highest BCUT2D eigenvalue weighted by atomic mass is 127. The van der Waals surface area contributed by atoms with Crippen LogP contribution in [0, 0.1) is 26.4 Å². The van der Waals surface area contributed by atoms with Gasteiger partial charge in [-0.2, -0.15) is 0 Å². The minimum absolute atomic E-state index is 0.0897. The summed E-state index contributed by atoms with van der Waals surface area (Å²) in [4.78, 5) is 9.86. The van der Waals surface area contributed by atoms with Gasteiger partial charge in [0.25, 0.3) is 5.69 Å². The van der Waals surface area contributed by atoms with Gasteiger partial charge in [0.05, 0.1) is 14.1 Å². The summed E-state index contributed by atoms with van der Waals surface area (Å²) in [6.07, 6.45) is 0. The maximum atomic E-state index is 12.8. The van der Waals surface area contributed by atoms with Crippen molar-refractivity contribution in [3.05, 3.63) is 37.2 Å². The number of benzene rings is 1. The fraction of sp³-hybridized carbons (Fsp3) is 0.143. The topological polar surface area (TPSA) is 43.1 Å². The molecule has 3 nitrogen and oxygen atoms in total. The molecule has 0 saturated heterocycles. The van der Waals surface area contributed by atoms with Crippen LogP contribution in [0.4, 0.5) is 10.1 Å². The lowest BCUT2D eigenvalue weighted by Gasteiger charge is -1.99. The first-order valence-electron chi connectivity index (χ1n) is 3.13. The van der Waals surface area contributed by atoms with Gasteiger partial charge in [0.2, 0.25) is 0 Å². The highest BCUT2D eigenvalue weighted by Gasteiger charge is 2.18. The minimum atomic E-state index is -0.569. The molecule has 0 heterocycles. The highest BCUT2D eigenvalue weighted by Crippen LogP contribution is 2.26. The molecule has 0 saturated carbocycles. The first kappa shape index (κ1) is 9.37. The number of nitro groups is 1. The molecule has 1 rings (SSSR count). The van der Waals surface area contributed by atoms with Crippen LogP contribution in [0.15, 0.2) is 12.1 Å². The molecule has 0 fully saturated rings. The Morgan fingerprint density at radius 1 is 1.58 bits per heavy atom. The Labute approximate surface area is 81.9 Å². The van der Waals surface area contributed by atoms with Gasteiger partial charge >= 0.3 is 0 Å². The first-order valence-corrected chi connectivity index (χ1v) is 4.21. The summed E-state index contributed by atoms with van der Waals surface area (Å²) in [5.41, 5.74) is -0.0532. The number of nitro benzene ring substituents is 1. The zero-order valence-electron chi connectivity index (χ0n) is 6.17. The molecule has 64 valence electrons. The number of halogens is 2. The molecule has 5 heteroatoms. The van der Waals surface area contributed by atoms with Crippen molar-refractivity contribution in [3.63, 3.8) is 0 Å². The predicted molar refractivity (Wildman–Crippen MR) is 50.5 cm³/mol. The number of hydrogen-bond donors (Lipinski definition) is 0.